The van der Waals surface area contributed by atoms with Crippen LogP contribution >= 0.6 is 11.3 Å². The van der Waals surface area contributed by atoms with Crippen molar-refractivity contribution in [1.82, 2.24) is 14.3 Å². The van der Waals surface area contributed by atoms with Gasteiger partial charge in [0, 0.05) is 12.7 Å². The minimum absolute atomic E-state index is 0.0982. The highest BCUT2D eigenvalue weighted by molar-refractivity contribution is 7.07. The fourth-order valence-electron chi connectivity index (χ4n) is 3.53. The quantitative estimate of drug-likeness (QED) is 0.612. The summed E-state index contributed by atoms with van der Waals surface area (Å²) in [4.78, 5) is 31.2. The van der Waals surface area contributed by atoms with E-state index in [9.17, 15) is 14.7 Å². The molecule has 0 bridgehead atoms. The number of benzene rings is 1. The summed E-state index contributed by atoms with van der Waals surface area (Å²) in [6.45, 7) is 6.40. The Morgan fingerprint density at radius 3 is 2.65 bits per heavy atom. The van der Waals surface area contributed by atoms with Crippen molar-refractivity contribution in [3.63, 3.8) is 0 Å². The number of aromatic hydroxyl groups is 1. The number of esters is 1. The molecule has 0 spiro atoms. The first kappa shape index (κ1) is 20.8. The van der Waals surface area contributed by atoms with Crippen molar-refractivity contribution in [3.05, 3.63) is 78.7 Å². The molecule has 1 aliphatic heterocycles. The van der Waals surface area contributed by atoms with Gasteiger partial charge in [-0.1, -0.05) is 23.5 Å². The number of aryl methyl sites for hydroxylation is 1. The number of carbonyl (C=O) groups is 1. The summed E-state index contributed by atoms with van der Waals surface area (Å²) in [5, 5.41) is 14.1. The van der Waals surface area contributed by atoms with E-state index >= 15 is 0 Å². The van der Waals surface area contributed by atoms with Crippen molar-refractivity contribution >= 4 is 23.4 Å². The Morgan fingerprint density at radius 2 is 2.00 bits per heavy atom. The summed E-state index contributed by atoms with van der Waals surface area (Å²) in [6, 6.07) is 7.58. The van der Waals surface area contributed by atoms with Crippen LogP contribution in [0, 0.1) is 0 Å². The normalized spacial score (nSPS) is 16.2. The summed E-state index contributed by atoms with van der Waals surface area (Å²) in [6.07, 6.45) is 3.58. The number of allylic oxidation sites excluding steroid dienone is 1. The second kappa shape index (κ2) is 8.35. The van der Waals surface area contributed by atoms with E-state index in [1.165, 1.54) is 28.0 Å². The molecule has 0 aliphatic carbocycles. The van der Waals surface area contributed by atoms with Crippen LogP contribution in [0.3, 0.4) is 0 Å². The predicted octanol–water partition coefficient (Wildman–Crippen LogP) is 1.72. The second-order valence-electron chi connectivity index (χ2n) is 6.99. The largest absolute Gasteiger partial charge is 0.508 e. The number of nitrogens with zero attached hydrogens (tertiary/aromatic N) is 4. The maximum atomic E-state index is 13.4. The Kier molecular flexibility index (Phi) is 5.60. The summed E-state index contributed by atoms with van der Waals surface area (Å²) < 4.78 is 9.03. The number of rotatable bonds is 5. The van der Waals surface area contributed by atoms with Crippen LogP contribution in [-0.2, 0) is 16.1 Å². The van der Waals surface area contributed by atoms with Gasteiger partial charge in [0.15, 0.2) is 4.80 Å². The van der Waals surface area contributed by atoms with Crippen LogP contribution in [-0.4, -0.2) is 32.0 Å². The minimum Gasteiger partial charge on any atom is -0.508 e. The van der Waals surface area contributed by atoms with Gasteiger partial charge in [-0.2, -0.15) is 5.10 Å². The molecule has 0 saturated carbocycles. The number of ether oxygens (including phenoxy) is 1. The Balaban J connectivity index is 1.93. The third-order valence-corrected chi connectivity index (χ3v) is 5.97. The summed E-state index contributed by atoms with van der Waals surface area (Å²) in [5.74, 6) is -0.418. The van der Waals surface area contributed by atoms with Crippen LogP contribution in [0.2, 0.25) is 0 Å². The van der Waals surface area contributed by atoms with Crippen molar-refractivity contribution in [2.75, 3.05) is 6.61 Å². The van der Waals surface area contributed by atoms with Gasteiger partial charge in [0.2, 0.25) is 0 Å². The molecular formula is C22H22N4O4S. The molecule has 160 valence electrons. The number of phenols is 1. The van der Waals surface area contributed by atoms with E-state index < -0.39 is 12.0 Å². The lowest BCUT2D eigenvalue weighted by Crippen LogP contribution is -2.39. The third-order valence-electron chi connectivity index (χ3n) is 4.99. The smallest absolute Gasteiger partial charge is 0.338 e. The molecule has 9 heteroatoms. The minimum atomic E-state index is -0.703. The fourth-order valence-corrected chi connectivity index (χ4v) is 4.56. The first-order valence-electron chi connectivity index (χ1n) is 9.95. The zero-order valence-electron chi connectivity index (χ0n) is 17.4. The van der Waals surface area contributed by atoms with Crippen LogP contribution in [0.5, 0.6) is 5.75 Å². The van der Waals surface area contributed by atoms with Gasteiger partial charge in [-0.3, -0.25) is 14.0 Å². The average molecular weight is 439 g/mol. The van der Waals surface area contributed by atoms with Gasteiger partial charge in [0.25, 0.3) is 5.56 Å². The van der Waals surface area contributed by atoms with Crippen LogP contribution in [0.4, 0.5) is 0 Å². The van der Waals surface area contributed by atoms with Crippen LogP contribution < -0.4 is 14.9 Å². The molecular weight excluding hydrogens is 416 g/mol. The maximum Gasteiger partial charge on any atom is 0.338 e. The highest BCUT2D eigenvalue weighted by Gasteiger charge is 2.33. The van der Waals surface area contributed by atoms with Crippen LogP contribution in [0.15, 0.2) is 57.6 Å². The number of thiazole rings is 1. The average Bonchev–Trinajstić information content (AvgIpc) is 3.32. The Bertz CT molecular complexity index is 1350. The molecule has 1 N–H and O–H groups in total. The molecule has 1 aliphatic rings. The molecule has 31 heavy (non-hydrogen) atoms. The molecule has 1 unspecified atom stereocenters. The van der Waals surface area contributed by atoms with E-state index in [-0.39, 0.29) is 17.9 Å². The number of hydrogen-bond acceptors (Lipinski definition) is 7. The maximum absolute atomic E-state index is 13.4. The van der Waals surface area contributed by atoms with E-state index in [4.69, 9.17) is 4.74 Å². The molecule has 0 amide bonds. The molecule has 1 aromatic carbocycles. The Labute approximate surface area is 182 Å². The fraction of sp³-hybridized carbons (Fsp3) is 0.273. The van der Waals surface area contributed by atoms with Gasteiger partial charge >= 0.3 is 5.97 Å². The second-order valence-corrected chi connectivity index (χ2v) is 8.00. The molecule has 1 atom stereocenters. The van der Waals surface area contributed by atoms with Crippen molar-refractivity contribution in [2.45, 2.75) is 33.4 Å². The van der Waals surface area contributed by atoms with Gasteiger partial charge in [0.1, 0.15) is 5.75 Å². The van der Waals surface area contributed by atoms with E-state index in [1.54, 1.807) is 36.7 Å². The number of carbonyl (C=O) groups excluding carboxylic acids is 1. The SMILES string of the molecule is CCOC(=O)C1=C(C)N=c2s/c(=C/c3ccn(CC)n3)c(=O)n2C1c1ccc(O)cc1. The van der Waals surface area contributed by atoms with Gasteiger partial charge in [-0.15, -0.1) is 0 Å². The monoisotopic (exact) mass is 438 g/mol. The van der Waals surface area contributed by atoms with E-state index in [0.717, 1.165) is 6.54 Å². The molecule has 3 aromatic rings. The molecule has 2 aromatic heterocycles. The number of phenolic OH excluding ortho intramolecular Hbond substituents is 1. The Morgan fingerprint density at radius 1 is 1.26 bits per heavy atom. The third kappa shape index (κ3) is 3.84. The topological polar surface area (TPSA) is 98.7 Å². The van der Waals surface area contributed by atoms with Crippen LogP contribution in [0.1, 0.15) is 38.1 Å². The van der Waals surface area contributed by atoms with Crippen molar-refractivity contribution in [1.29, 1.82) is 0 Å². The lowest BCUT2D eigenvalue weighted by Gasteiger charge is -2.24. The van der Waals surface area contributed by atoms with Gasteiger partial charge in [-0.25, -0.2) is 9.79 Å². The van der Waals surface area contributed by atoms with Gasteiger partial charge in [0.05, 0.1) is 34.1 Å². The number of hydrogen-bond donors (Lipinski definition) is 1. The zero-order chi connectivity index (χ0) is 22.1. The summed E-state index contributed by atoms with van der Waals surface area (Å²) in [7, 11) is 0. The number of fused-ring (bicyclic) bond motifs is 1. The lowest BCUT2D eigenvalue weighted by atomic mass is 9.96. The highest BCUT2D eigenvalue weighted by atomic mass is 32.1. The van der Waals surface area contributed by atoms with E-state index in [2.05, 4.69) is 10.1 Å². The lowest BCUT2D eigenvalue weighted by molar-refractivity contribution is -0.139. The first-order chi connectivity index (χ1) is 14.9. The molecule has 3 heterocycles. The predicted molar refractivity (Wildman–Crippen MR) is 116 cm³/mol. The molecule has 8 nitrogen and oxygen atoms in total. The highest BCUT2D eigenvalue weighted by Crippen LogP contribution is 2.31. The molecule has 0 radical (unpaired) electrons. The van der Waals surface area contributed by atoms with Gasteiger partial charge < -0.3 is 9.84 Å². The van der Waals surface area contributed by atoms with Crippen molar-refractivity contribution in [3.8, 4) is 5.75 Å². The Hall–Kier alpha value is -3.46. The first-order valence-corrected chi connectivity index (χ1v) is 10.8. The number of aromatic nitrogens is 3. The van der Waals surface area contributed by atoms with Crippen molar-refractivity contribution < 1.29 is 14.6 Å². The molecule has 0 fully saturated rings. The molecule has 0 saturated heterocycles. The summed E-state index contributed by atoms with van der Waals surface area (Å²) >= 11 is 1.25. The van der Waals surface area contributed by atoms with E-state index in [0.29, 0.717) is 31.9 Å². The van der Waals surface area contributed by atoms with E-state index in [1.807, 2.05) is 19.2 Å². The van der Waals surface area contributed by atoms with Crippen LogP contribution in [0.25, 0.3) is 6.08 Å². The molecule has 4 rings (SSSR count). The standard InChI is InChI=1S/C22H22N4O4S/c1-4-25-11-10-15(24-25)12-17-20(28)26-19(14-6-8-16(27)9-7-14)18(21(29)30-5-2)13(3)23-22(26)31-17/h6-12,19,27H,4-5H2,1-3H3/b17-12+. The zero-order valence-corrected chi connectivity index (χ0v) is 18.2. The summed E-state index contributed by atoms with van der Waals surface area (Å²) in [5.41, 5.74) is 1.90. The van der Waals surface area contributed by atoms with Gasteiger partial charge in [-0.05, 0) is 50.6 Å². The van der Waals surface area contributed by atoms with Crippen molar-refractivity contribution in [2.24, 2.45) is 4.99 Å².